The van der Waals surface area contributed by atoms with Crippen molar-refractivity contribution < 1.29 is 4.74 Å². The van der Waals surface area contributed by atoms with Gasteiger partial charge in [-0.3, -0.25) is 0 Å². The summed E-state index contributed by atoms with van der Waals surface area (Å²) in [5.74, 6) is 0.706. The monoisotopic (exact) mass is 282 g/mol. The van der Waals surface area contributed by atoms with Gasteiger partial charge in [0.25, 0.3) is 0 Å². The Morgan fingerprint density at radius 3 is 2.47 bits per heavy atom. The van der Waals surface area contributed by atoms with Gasteiger partial charge in [-0.25, -0.2) is 0 Å². The van der Waals surface area contributed by atoms with Crippen molar-refractivity contribution in [2.24, 2.45) is 0 Å². The first-order valence-electron chi connectivity index (χ1n) is 4.84. The van der Waals surface area contributed by atoms with Crippen molar-refractivity contribution in [1.82, 2.24) is 0 Å². The average Bonchev–Trinajstić information content (AvgIpc) is 2.17. The standard InChI is InChI=1S/C10H13Cl3OSi/c1-2-3-8-14-9-6-4-5-7-10(9)15(11,12)13/h4-7H,2-3,8H2,1H3. The van der Waals surface area contributed by atoms with Crippen LogP contribution in [0.15, 0.2) is 24.3 Å². The number of ether oxygens (including phenoxy) is 1. The van der Waals surface area contributed by atoms with Crippen LogP contribution in [0.2, 0.25) is 0 Å². The molecule has 0 N–H and O–H groups in total. The number of rotatable bonds is 5. The smallest absolute Gasteiger partial charge is 0.376 e. The lowest BCUT2D eigenvalue weighted by Crippen LogP contribution is -2.31. The SMILES string of the molecule is CCCCOc1ccccc1[Si](Cl)(Cl)Cl. The molecule has 1 rings (SSSR count). The van der Waals surface area contributed by atoms with E-state index >= 15 is 0 Å². The number of unbranched alkanes of at least 4 members (excludes halogenated alkanes) is 1. The molecule has 15 heavy (non-hydrogen) atoms. The minimum absolute atomic E-state index is 0.669. The molecular weight excluding hydrogens is 271 g/mol. The molecule has 0 saturated carbocycles. The van der Waals surface area contributed by atoms with Crippen LogP contribution in [-0.2, 0) is 0 Å². The Morgan fingerprint density at radius 1 is 1.20 bits per heavy atom. The maximum absolute atomic E-state index is 5.97. The van der Waals surface area contributed by atoms with Crippen LogP contribution in [0.5, 0.6) is 5.75 Å². The van der Waals surface area contributed by atoms with Gasteiger partial charge in [0.1, 0.15) is 5.75 Å². The van der Waals surface area contributed by atoms with Gasteiger partial charge in [-0.2, -0.15) is 0 Å². The fourth-order valence-corrected chi connectivity index (χ4v) is 3.28. The molecule has 0 unspecified atom stereocenters. The van der Waals surface area contributed by atoms with Crippen LogP contribution in [0.1, 0.15) is 19.8 Å². The maximum Gasteiger partial charge on any atom is 0.376 e. The maximum atomic E-state index is 5.97. The van der Waals surface area contributed by atoms with Crippen LogP contribution in [-0.4, -0.2) is 12.6 Å². The zero-order valence-electron chi connectivity index (χ0n) is 8.47. The third-order valence-corrected chi connectivity index (χ3v) is 4.80. The van der Waals surface area contributed by atoms with E-state index in [9.17, 15) is 0 Å². The highest BCUT2D eigenvalue weighted by Gasteiger charge is 2.31. The van der Waals surface area contributed by atoms with Gasteiger partial charge in [-0.05, 0) is 12.5 Å². The Morgan fingerprint density at radius 2 is 1.87 bits per heavy atom. The van der Waals surface area contributed by atoms with Gasteiger partial charge in [0.2, 0.25) is 0 Å². The third-order valence-electron chi connectivity index (χ3n) is 1.95. The quantitative estimate of drug-likeness (QED) is 0.454. The largest absolute Gasteiger partial charge is 0.494 e. The second-order valence-electron chi connectivity index (χ2n) is 3.20. The summed E-state index contributed by atoms with van der Waals surface area (Å²) < 4.78 is 5.59. The van der Waals surface area contributed by atoms with E-state index in [1.54, 1.807) is 0 Å². The Labute approximate surface area is 105 Å². The molecule has 1 aromatic rings. The van der Waals surface area contributed by atoms with Gasteiger partial charge in [0, 0.05) is 5.19 Å². The highest BCUT2D eigenvalue weighted by molar-refractivity contribution is 7.69. The molecule has 0 fully saturated rings. The summed E-state index contributed by atoms with van der Waals surface area (Å²) in [6, 6.07) is 4.56. The predicted molar refractivity (Wildman–Crippen MR) is 69.8 cm³/mol. The molecule has 0 radical (unpaired) electrons. The molecule has 1 nitrogen and oxygen atoms in total. The highest BCUT2D eigenvalue weighted by atomic mass is 35.8. The van der Waals surface area contributed by atoms with E-state index in [2.05, 4.69) is 6.92 Å². The summed E-state index contributed by atoms with van der Waals surface area (Å²) in [5, 5.41) is 0.728. The zero-order valence-corrected chi connectivity index (χ0v) is 11.7. The molecule has 0 aliphatic heterocycles. The van der Waals surface area contributed by atoms with Crippen LogP contribution >= 0.6 is 33.2 Å². The minimum Gasteiger partial charge on any atom is -0.494 e. The molecule has 0 atom stereocenters. The van der Waals surface area contributed by atoms with Crippen molar-refractivity contribution in [2.45, 2.75) is 19.8 Å². The minimum atomic E-state index is -2.85. The van der Waals surface area contributed by atoms with Crippen molar-refractivity contribution >= 4 is 44.4 Å². The van der Waals surface area contributed by atoms with Crippen molar-refractivity contribution in [3.63, 3.8) is 0 Å². The lowest BCUT2D eigenvalue weighted by molar-refractivity contribution is 0.312. The summed E-state index contributed by atoms with van der Waals surface area (Å²) in [6.07, 6.45) is 2.10. The first-order chi connectivity index (χ1) is 7.05. The molecule has 0 heterocycles. The molecular formula is C10H13Cl3OSi. The Balaban J connectivity index is 2.78. The number of para-hydroxylation sites is 1. The van der Waals surface area contributed by atoms with E-state index in [0.29, 0.717) is 12.4 Å². The van der Waals surface area contributed by atoms with Crippen LogP contribution in [0.4, 0.5) is 0 Å². The Hall–Kier alpha value is 0.107. The Kier molecular flexibility index (Phi) is 5.26. The van der Waals surface area contributed by atoms with E-state index in [1.165, 1.54) is 0 Å². The van der Waals surface area contributed by atoms with Crippen molar-refractivity contribution in [1.29, 1.82) is 0 Å². The van der Waals surface area contributed by atoms with E-state index < -0.39 is 6.00 Å². The summed E-state index contributed by atoms with van der Waals surface area (Å²) >= 11 is 17.9. The lowest BCUT2D eigenvalue weighted by atomic mass is 10.3. The molecule has 1 aromatic carbocycles. The zero-order chi connectivity index (χ0) is 11.3. The molecule has 0 aliphatic carbocycles. The van der Waals surface area contributed by atoms with Crippen LogP contribution in [0, 0.1) is 0 Å². The Bertz CT molecular complexity index is 312. The van der Waals surface area contributed by atoms with Crippen LogP contribution in [0.3, 0.4) is 0 Å². The molecule has 0 aliphatic rings. The fraction of sp³-hybridized carbons (Fsp3) is 0.400. The number of halogens is 3. The molecule has 0 aromatic heterocycles. The van der Waals surface area contributed by atoms with E-state index in [0.717, 1.165) is 18.0 Å². The average molecular weight is 284 g/mol. The van der Waals surface area contributed by atoms with Gasteiger partial charge in [-0.1, -0.05) is 31.5 Å². The van der Waals surface area contributed by atoms with Crippen molar-refractivity contribution in [3.05, 3.63) is 24.3 Å². The van der Waals surface area contributed by atoms with Gasteiger partial charge < -0.3 is 4.74 Å². The molecule has 5 heteroatoms. The van der Waals surface area contributed by atoms with Gasteiger partial charge >= 0.3 is 6.00 Å². The summed E-state index contributed by atoms with van der Waals surface area (Å²) in [5.41, 5.74) is 0. The lowest BCUT2D eigenvalue weighted by Gasteiger charge is -2.14. The second-order valence-corrected chi connectivity index (χ2v) is 11.6. The van der Waals surface area contributed by atoms with Crippen molar-refractivity contribution in [3.8, 4) is 5.75 Å². The van der Waals surface area contributed by atoms with Crippen LogP contribution < -0.4 is 9.92 Å². The molecule has 0 bridgehead atoms. The number of benzene rings is 1. The molecule has 0 saturated heterocycles. The van der Waals surface area contributed by atoms with Crippen LogP contribution in [0.25, 0.3) is 0 Å². The topological polar surface area (TPSA) is 9.23 Å². The van der Waals surface area contributed by atoms with Gasteiger partial charge in [0.15, 0.2) is 0 Å². The van der Waals surface area contributed by atoms with Crippen molar-refractivity contribution in [2.75, 3.05) is 6.61 Å². The first-order valence-corrected chi connectivity index (χ1v) is 9.88. The summed E-state index contributed by atoms with van der Waals surface area (Å²) in [4.78, 5) is 0. The van der Waals surface area contributed by atoms with E-state index in [4.69, 9.17) is 38.0 Å². The van der Waals surface area contributed by atoms with E-state index in [1.807, 2.05) is 24.3 Å². The summed E-state index contributed by atoms with van der Waals surface area (Å²) in [7, 11) is 0. The molecule has 0 spiro atoms. The third kappa shape index (κ3) is 4.23. The van der Waals surface area contributed by atoms with E-state index in [-0.39, 0.29) is 0 Å². The second kappa shape index (κ2) is 5.99. The number of hydrogen-bond donors (Lipinski definition) is 0. The van der Waals surface area contributed by atoms with Gasteiger partial charge in [0.05, 0.1) is 6.61 Å². The summed E-state index contributed by atoms with van der Waals surface area (Å²) in [6.45, 7) is 2.78. The number of hydrogen-bond acceptors (Lipinski definition) is 1. The highest BCUT2D eigenvalue weighted by Crippen LogP contribution is 2.24. The molecule has 84 valence electrons. The fourth-order valence-electron chi connectivity index (χ4n) is 1.15. The normalized spacial score (nSPS) is 11.5. The molecule has 0 amide bonds. The first kappa shape index (κ1) is 13.2. The predicted octanol–water partition coefficient (Wildman–Crippen LogP) is 3.73. The van der Waals surface area contributed by atoms with Gasteiger partial charge in [-0.15, -0.1) is 33.2 Å².